The molecule has 0 aromatic carbocycles. The van der Waals surface area contributed by atoms with Crippen LogP contribution in [0.3, 0.4) is 0 Å². The van der Waals surface area contributed by atoms with Crippen LogP contribution in [0.25, 0.3) is 0 Å². The molecule has 0 saturated heterocycles. The van der Waals surface area contributed by atoms with E-state index >= 15 is 0 Å². The molecular formula is C8H17N. The molecule has 0 aliphatic heterocycles. The largest absolute Gasteiger partial charge is 0.328 e. The number of hydrogen-bond donors (Lipinski definition) is 1. The lowest BCUT2D eigenvalue weighted by atomic mass is 9.81. The number of rotatable bonds is 0. The van der Waals surface area contributed by atoms with Crippen LogP contribution in [0.1, 0.15) is 33.1 Å². The van der Waals surface area contributed by atoms with Crippen molar-refractivity contribution in [3.8, 4) is 0 Å². The van der Waals surface area contributed by atoms with Crippen LogP contribution >= 0.6 is 0 Å². The molecule has 1 saturated carbocycles. The van der Waals surface area contributed by atoms with Crippen molar-refractivity contribution in [1.82, 2.24) is 0 Å². The van der Waals surface area contributed by atoms with E-state index in [4.69, 9.17) is 5.73 Å². The van der Waals surface area contributed by atoms with Crippen molar-refractivity contribution in [3.05, 3.63) is 0 Å². The van der Waals surface area contributed by atoms with Crippen molar-refractivity contribution in [1.29, 1.82) is 0 Å². The summed E-state index contributed by atoms with van der Waals surface area (Å²) in [5.41, 5.74) is 5.82. The fourth-order valence-electron chi connectivity index (χ4n) is 2.01. The molecule has 1 nitrogen and oxygen atoms in total. The SMILES string of the molecule is C[C@H]1CC(N)C[C@H](C)C1. The Morgan fingerprint density at radius 3 is 1.78 bits per heavy atom. The van der Waals surface area contributed by atoms with E-state index < -0.39 is 0 Å². The Kier molecular flexibility index (Phi) is 2.12. The Bertz CT molecular complexity index is 65.5. The van der Waals surface area contributed by atoms with Crippen LogP contribution in [-0.2, 0) is 0 Å². The Labute approximate surface area is 57.6 Å². The van der Waals surface area contributed by atoms with Gasteiger partial charge in [0.25, 0.3) is 0 Å². The van der Waals surface area contributed by atoms with Crippen molar-refractivity contribution in [2.45, 2.75) is 39.2 Å². The van der Waals surface area contributed by atoms with Gasteiger partial charge < -0.3 is 5.73 Å². The van der Waals surface area contributed by atoms with E-state index in [-0.39, 0.29) is 0 Å². The van der Waals surface area contributed by atoms with Gasteiger partial charge in [-0.3, -0.25) is 0 Å². The van der Waals surface area contributed by atoms with Gasteiger partial charge in [0, 0.05) is 6.04 Å². The molecule has 9 heavy (non-hydrogen) atoms. The molecule has 0 amide bonds. The predicted molar refractivity (Wildman–Crippen MR) is 40.2 cm³/mol. The minimum absolute atomic E-state index is 0.490. The number of nitrogens with two attached hydrogens (primary N) is 1. The van der Waals surface area contributed by atoms with Crippen molar-refractivity contribution in [3.63, 3.8) is 0 Å². The summed E-state index contributed by atoms with van der Waals surface area (Å²) < 4.78 is 0. The lowest BCUT2D eigenvalue weighted by Crippen LogP contribution is -2.30. The second-order valence-electron chi connectivity index (χ2n) is 3.68. The maximum atomic E-state index is 5.82. The molecule has 1 heteroatoms. The zero-order valence-electron chi connectivity index (χ0n) is 6.43. The maximum absolute atomic E-state index is 5.82. The summed E-state index contributed by atoms with van der Waals surface area (Å²) in [5.74, 6) is 1.73. The molecule has 1 fully saturated rings. The van der Waals surface area contributed by atoms with E-state index in [9.17, 15) is 0 Å². The molecule has 2 N–H and O–H groups in total. The molecule has 0 bridgehead atoms. The summed E-state index contributed by atoms with van der Waals surface area (Å²) in [4.78, 5) is 0. The first-order valence-corrected chi connectivity index (χ1v) is 3.94. The van der Waals surface area contributed by atoms with Crippen molar-refractivity contribution in [2.75, 3.05) is 0 Å². The van der Waals surface area contributed by atoms with Gasteiger partial charge in [-0.05, 0) is 31.1 Å². The van der Waals surface area contributed by atoms with Gasteiger partial charge in [0.15, 0.2) is 0 Å². The lowest BCUT2D eigenvalue weighted by Gasteiger charge is -2.28. The van der Waals surface area contributed by atoms with Crippen LogP contribution < -0.4 is 5.73 Å². The zero-order valence-corrected chi connectivity index (χ0v) is 6.43. The van der Waals surface area contributed by atoms with E-state index in [1.54, 1.807) is 0 Å². The first-order valence-electron chi connectivity index (χ1n) is 3.94. The summed E-state index contributed by atoms with van der Waals surface area (Å²) in [6.07, 6.45) is 3.86. The average Bonchev–Trinajstić information content (AvgIpc) is 1.59. The molecule has 1 aliphatic rings. The molecule has 0 unspecified atom stereocenters. The second kappa shape index (κ2) is 2.70. The third-order valence-corrected chi connectivity index (χ3v) is 2.21. The van der Waals surface area contributed by atoms with E-state index in [1.807, 2.05) is 0 Å². The van der Waals surface area contributed by atoms with Gasteiger partial charge >= 0.3 is 0 Å². The minimum Gasteiger partial charge on any atom is -0.328 e. The first kappa shape index (κ1) is 7.07. The van der Waals surface area contributed by atoms with E-state index in [0.29, 0.717) is 6.04 Å². The highest BCUT2D eigenvalue weighted by Gasteiger charge is 2.20. The van der Waals surface area contributed by atoms with Gasteiger partial charge in [-0.15, -0.1) is 0 Å². The monoisotopic (exact) mass is 127 g/mol. The Hall–Kier alpha value is -0.0400. The van der Waals surface area contributed by atoms with Crippen LogP contribution in [0.4, 0.5) is 0 Å². The van der Waals surface area contributed by atoms with Gasteiger partial charge in [0.05, 0.1) is 0 Å². The van der Waals surface area contributed by atoms with Crippen LogP contribution in [0, 0.1) is 11.8 Å². The third-order valence-electron chi connectivity index (χ3n) is 2.21. The molecule has 54 valence electrons. The summed E-state index contributed by atoms with van der Waals surface area (Å²) in [6, 6.07) is 0.490. The zero-order chi connectivity index (χ0) is 6.85. The van der Waals surface area contributed by atoms with Crippen molar-refractivity contribution in [2.24, 2.45) is 17.6 Å². The molecule has 0 aromatic rings. The summed E-state index contributed by atoms with van der Waals surface area (Å²) in [6.45, 7) is 4.60. The topological polar surface area (TPSA) is 26.0 Å². The van der Waals surface area contributed by atoms with Crippen LogP contribution in [0.15, 0.2) is 0 Å². The molecule has 1 rings (SSSR count). The van der Waals surface area contributed by atoms with E-state index in [1.165, 1.54) is 19.3 Å². The highest BCUT2D eigenvalue weighted by Crippen LogP contribution is 2.26. The summed E-state index contributed by atoms with van der Waals surface area (Å²) in [5, 5.41) is 0. The fourth-order valence-corrected chi connectivity index (χ4v) is 2.01. The average molecular weight is 127 g/mol. The molecular weight excluding hydrogens is 110 g/mol. The molecule has 2 atom stereocenters. The number of hydrogen-bond acceptors (Lipinski definition) is 1. The van der Waals surface area contributed by atoms with E-state index in [2.05, 4.69) is 13.8 Å². The normalized spacial score (nSPS) is 45.0. The van der Waals surface area contributed by atoms with Crippen LogP contribution in [0.2, 0.25) is 0 Å². The summed E-state index contributed by atoms with van der Waals surface area (Å²) in [7, 11) is 0. The summed E-state index contributed by atoms with van der Waals surface area (Å²) >= 11 is 0. The van der Waals surface area contributed by atoms with Crippen LogP contribution in [0.5, 0.6) is 0 Å². The fraction of sp³-hybridized carbons (Fsp3) is 1.00. The standard InChI is InChI=1S/C8H17N/c1-6-3-7(2)5-8(9)4-6/h6-8H,3-5,9H2,1-2H3/t6-,7-/m1/s1. The van der Waals surface area contributed by atoms with Gasteiger partial charge in [-0.1, -0.05) is 13.8 Å². The van der Waals surface area contributed by atoms with Crippen molar-refractivity contribution < 1.29 is 0 Å². The van der Waals surface area contributed by atoms with Gasteiger partial charge in [0.1, 0.15) is 0 Å². The Morgan fingerprint density at radius 1 is 1.00 bits per heavy atom. The highest BCUT2D eigenvalue weighted by molar-refractivity contribution is 4.76. The lowest BCUT2D eigenvalue weighted by molar-refractivity contribution is 0.269. The minimum atomic E-state index is 0.490. The molecule has 0 spiro atoms. The van der Waals surface area contributed by atoms with E-state index in [0.717, 1.165) is 11.8 Å². The van der Waals surface area contributed by atoms with Crippen LogP contribution in [-0.4, -0.2) is 6.04 Å². The smallest absolute Gasteiger partial charge is 0.00439 e. The van der Waals surface area contributed by atoms with Crippen molar-refractivity contribution >= 4 is 0 Å². The quantitative estimate of drug-likeness (QED) is 0.527. The highest BCUT2D eigenvalue weighted by atomic mass is 14.6. The molecule has 0 heterocycles. The van der Waals surface area contributed by atoms with Gasteiger partial charge in [0.2, 0.25) is 0 Å². The first-order chi connectivity index (χ1) is 4.18. The van der Waals surface area contributed by atoms with Gasteiger partial charge in [-0.2, -0.15) is 0 Å². The molecule has 0 aromatic heterocycles. The third kappa shape index (κ3) is 1.98. The Morgan fingerprint density at radius 2 is 1.44 bits per heavy atom. The second-order valence-corrected chi connectivity index (χ2v) is 3.68. The van der Waals surface area contributed by atoms with Gasteiger partial charge in [-0.25, -0.2) is 0 Å². The molecule has 1 aliphatic carbocycles. The maximum Gasteiger partial charge on any atom is 0.00439 e. The molecule has 0 radical (unpaired) electrons. The predicted octanol–water partition coefficient (Wildman–Crippen LogP) is 1.77. The Balaban J connectivity index is 2.34.